The van der Waals surface area contributed by atoms with Crippen molar-refractivity contribution in [1.82, 2.24) is 14.7 Å². The van der Waals surface area contributed by atoms with E-state index >= 15 is 0 Å². The SMILES string of the molecule is CCO[C@H]1CCCN(C(=O)C(=O)Nc2ccn(-c3ccccc3)n2)C1. The van der Waals surface area contributed by atoms with E-state index in [1.165, 1.54) is 0 Å². The zero-order chi connectivity index (χ0) is 17.6. The van der Waals surface area contributed by atoms with Crippen LogP contribution in [0, 0.1) is 0 Å². The summed E-state index contributed by atoms with van der Waals surface area (Å²) in [6.45, 7) is 3.57. The van der Waals surface area contributed by atoms with Crippen molar-refractivity contribution >= 4 is 17.6 Å². The molecule has 1 fully saturated rings. The molecule has 7 heteroatoms. The third kappa shape index (κ3) is 4.24. The average molecular weight is 342 g/mol. The quantitative estimate of drug-likeness (QED) is 0.860. The number of ether oxygens (including phenoxy) is 1. The molecule has 0 saturated carbocycles. The molecule has 1 saturated heterocycles. The van der Waals surface area contributed by atoms with E-state index in [2.05, 4.69) is 10.4 Å². The van der Waals surface area contributed by atoms with E-state index in [1.54, 1.807) is 21.8 Å². The van der Waals surface area contributed by atoms with Crippen LogP contribution in [0.3, 0.4) is 0 Å². The first-order valence-corrected chi connectivity index (χ1v) is 8.50. The van der Waals surface area contributed by atoms with E-state index in [4.69, 9.17) is 4.74 Å². The Labute approximate surface area is 146 Å². The maximum atomic E-state index is 12.4. The van der Waals surface area contributed by atoms with Gasteiger partial charge in [-0.2, -0.15) is 5.10 Å². The van der Waals surface area contributed by atoms with Gasteiger partial charge in [0.1, 0.15) is 0 Å². The van der Waals surface area contributed by atoms with Crippen LogP contribution in [-0.2, 0) is 14.3 Å². The highest BCUT2D eigenvalue weighted by Gasteiger charge is 2.28. The van der Waals surface area contributed by atoms with Crippen molar-refractivity contribution in [3.63, 3.8) is 0 Å². The third-order valence-corrected chi connectivity index (χ3v) is 4.11. The number of nitrogens with one attached hydrogen (secondary N) is 1. The van der Waals surface area contributed by atoms with E-state index in [1.807, 2.05) is 37.3 Å². The molecule has 1 aliphatic rings. The van der Waals surface area contributed by atoms with Gasteiger partial charge in [-0.15, -0.1) is 0 Å². The molecule has 2 heterocycles. The Kier molecular flexibility index (Phi) is 5.45. The van der Waals surface area contributed by atoms with Gasteiger partial charge in [0, 0.05) is 32.0 Å². The molecule has 1 aromatic carbocycles. The fraction of sp³-hybridized carbons (Fsp3) is 0.389. The van der Waals surface area contributed by atoms with Gasteiger partial charge in [0.05, 0.1) is 11.8 Å². The molecule has 0 radical (unpaired) electrons. The predicted octanol–water partition coefficient (Wildman–Crippen LogP) is 1.84. The lowest BCUT2D eigenvalue weighted by Gasteiger charge is -2.31. The minimum Gasteiger partial charge on any atom is -0.377 e. The van der Waals surface area contributed by atoms with Crippen LogP contribution in [0.1, 0.15) is 19.8 Å². The molecule has 0 unspecified atom stereocenters. The Balaban J connectivity index is 1.60. The molecule has 0 aliphatic carbocycles. The van der Waals surface area contributed by atoms with Crippen molar-refractivity contribution in [2.24, 2.45) is 0 Å². The molecular weight excluding hydrogens is 320 g/mol. The molecule has 0 bridgehead atoms. The van der Waals surface area contributed by atoms with Crippen molar-refractivity contribution in [3.8, 4) is 5.69 Å². The normalized spacial score (nSPS) is 17.3. The number of para-hydroxylation sites is 1. The van der Waals surface area contributed by atoms with Crippen molar-refractivity contribution in [3.05, 3.63) is 42.6 Å². The van der Waals surface area contributed by atoms with Crippen LogP contribution in [0.4, 0.5) is 5.82 Å². The Morgan fingerprint density at radius 2 is 2.08 bits per heavy atom. The summed E-state index contributed by atoms with van der Waals surface area (Å²) in [5.74, 6) is -0.866. The summed E-state index contributed by atoms with van der Waals surface area (Å²) in [5.41, 5.74) is 0.880. The lowest BCUT2D eigenvalue weighted by Crippen LogP contribution is -2.47. The first-order valence-electron chi connectivity index (χ1n) is 8.50. The van der Waals surface area contributed by atoms with Gasteiger partial charge < -0.3 is 15.0 Å². The average Bonchev–Trinajstić information content (AvgIpc) is 3.11. The number of likely N-dealkylation sites (tertiary alicyclic amines) is 1. The van der Waals surface area contributed by atoms with Gasteiger partial charge in [-0.05, 0) is 31.9 Å². The Morgan fingerprint density at radius 1 is 1.28 bits per heavy atom. The molecular formula is C18H22N4O3. The van der Waals surface area contributed by atoms with Gasteiger partial charge in [0.25, 0.3) is 0 Å². The Hall–Kier alpha value is -2.67. The fourth-order valence-corrected chi connectivity index (χ4v) is 2.92. The molecule has 7 nitrogen and oxygen atoms in total. The van der Waals surface area contributed by atoms with Crippen molar-refractivity contribution in [2.45, 2.75) is 25.9 Å². The Bertz CT molecular complexity index is 727. The predicted molar refractivity (Wildman–Crippen MR) is 93.4 cm³/mol. The summed E-state index contributed by atoms with van der Waals surface area (Å²) < 4.78 is 7.22. The summed E-state index contributed by atoms with van der Waals surface area (Å²) in [7, 11) is 0. The highest BCUT2D eigenvalue weighted by Crippen LogP contribution is 2.14. The molecule has 132 valence electrons. The number of carbonyl (C=O) groups excluding carboxylic acids is 2. The first kappa shape index (κ1) is 17.2. The van der Waals surface area contributed by atoms with E-state index in [9.17, 15) is 9.59 Å². The zero-order valence-electron chi connectivity index (χ0n) is 14.2. The largest absolute Gasteiger partial charge is 0.377 e. The topological polar surface area (TPSA) is 76.5 Å². The Morgan fingerprint density at radius 3 is 2.84 bits per heavy atom. The number of nitrogens with zero attached hydrogens (tertiary/aromatic N) is 3. The maximum absolute atomic E-state index is 12.4. The second-order valence-electron chi connectivity index (χ2n) is 5.91. The number of rotatable bonds is 4. The lowest BCUT2D eigenvalue weighted by atomic mass is 10.1. The molecule has 2 amide bonds. The number of hydrogen-bond donors (Lipinski definition) is 1. The number of anilines is 1. The number of piperidine rings is 1. The highest BCUT2D eigenvalue weighted by atomic mass is 16.5. The van der Waals surface area contributed by atoms with Gasteiger partial charge in [0.2, 0.25) is 0 Å². The van der Waals surface area contributed by atoms with Crippen LogP contribution < -0.4 is 5.32 Å². The molecule has 2 aromatic rings. The van der Waals surface area contributed by atoms with Crippen molar-refractivity contribution in [2.75, 3.05) is 25.0 Å². The molecule has 25 heavy (non-hydrogen) atoms. The monoisotopic (exact) mass is 342 g/mol. The van der Waals surface area contributed by atoms with E-state index < -0.39 is 11.8 Å². The lowest BCUT2D eigenvalue weighted by molar-refractivity contribution is -0.145. The fourth-order valence-electron chi connectivity index (χ4n) is 2.92. The molecule has 1 N–H and O–H groups in total. The van der Waals surface area contributed by atoms with E-state index in [0.717, 1.165) is 18.5 Å². The van der Waals surface area contributed by atoms with Crippen molar-refractivity contribution < 1.29 is 14.3 Å². The van der Waals surface area contributed by atoms with Crippen LogP contribution >= 0.6 is 0 Å². The maximum Gasteiger partial charge on any atom is 0.315 e. The summed E-state index contributed by atoms with van der Waals surface area (Å²) in [6.07, 6.45) is 3.50. The minimum atomic E-state index is -0.671. The van der Waals surface area contributed by atoms with Gasteiger partial charge in [-0.1, -0.05) is 18.2 Å². The smallest absolute Gasteiger partial charge is 0.315 e. The van der Waals surface area contributed by atoms with Gasteiger partial charge >= 0.3 is 11.8 Å². The third-order valence-electron chi connectivity index (χ3n) is 4.11. The van der Waals surface area contributed by atoms with Crippen LogP contribution in [0.25, 0.3) is 5.69 Å². The summed E-state index contributed by atoms with van der Waals surface area (Å²) in [5, 5.41) is 6.85. The second-order valence-corrected chi connectivity index (χ2v) is 5.91. The summed E-state index contributed by atoms with van der Waals surface area (Å²) in [4.78, 5) is 26.1. The summed E-state index contributed by atoms with van der Waals surface area (Å²) in [6, 6.07) is 11.2. The molecule has 3 rings (SSSR count). The van der Waals surface area contributed by atoms with Crippen LogP contribution in [-0.4, -0.2) is 52.3 Å². The first-order chi connectivity index (χ1) is 12.2. The zero-order valence-corrected chi connectivity index (χ0v) is 14.2. The van der Waals surface area contributed by atoms with E-state index in [-0.39, 0.29) is 6.10 Å². The van der Waals surface area contributed by atoms with Crippen molar-refractivity contribution in [1.29, 1.82) is 0 Å². The summed E-state index contributed by atoms with van der Waals surface area (Å²) >= 11 is 0. The van der Waals surface area contributed by atoms with Crippen LogP contribution in [0.15, 0.2) is 42.6 Å². The van der Waals surface area contributed by atoms with E-state index in [0.29, 0.717) is 25.5 Å². The van der Waals surface area contributed by atoms with Gasteiger partial charge in [-0.3, -0.25) is 9.59 Å². The van der Waals surface area contributed by atoms with Gasteiger partial charge in [0.15, 0.2) is 5.82 Å². The molecule has 0 spiro atoms. The van der Waals surface area contributed by atoms with Crippen LogP contribution in [0.5, 0.6) is 0 Å². The van der Waals surface area contributed by atoms with Crippen LogP contribution in [0.2, 0.25) is 0 Å². The minimum absolute atomic E-state index is 0.00721. The van der Waals surface area contributed by atoms with Gasteiger partial charge in [-0.25, -0.2) is 4.68 Å². The number of benzene rings is 1. The number of hydrogen-bond acceptors (Lipinski definition) is 4. The number of amides is 2. The number of aromatic nitrogens is 2. The molecule has 1 atom stereocenters. The second kappa shape index (κ2) is 7.94. The highest BCUT2D eigenvalue weighted by molar-refractivity contribution is 6.39. The standard InChI is InChI=1S/C18H22N4O3/c1-2-25-15-9-6-11-21(13-15)18(24)17(23)19-16-10-12-22(20-16)14-7-4-3-5-8-14/h3-5,7-8,10,12,15H,2,6,9,11,13H2,1H3,(H,19,20,23)/t15-/m0/s1. The molecule has 1 aromatic heterocycles. The molecule has 1 aliphatic heterocycles. The number of carbonyl (C=O) groups is 2.